The molecule has 0 atom stereocenters. The van der Waals surface area contributed by atoms with Gasteiger partial charge in [0.05, 0.1) is 12.1 Å². The highest BCUT2D eigenvalue weighted by Gasteiger charge is 2.10. The van der Waals surface area contributed by atoms with Gasteiger partial charge in [-0.3, -0.25) is 10.1 Å². The summed E-state index contributed by atoms with van der Waals surface area (Å²) < 4.78 is 13.6. The number of nitrogens with one attached hydrogen (secondary N) is 1. The van der Waals surface area contributed by atoms with E-state index in [0.717, 1.165) is 5.56 Å². The van der Waals surface area contributed by atoms with Gasteiger partial charge < -0.3 is 0 Å². The molecule has 114 valence electrons. The number of anilines is 1. The van der Waals surface area contributed by atoms with Gasteiger partial charge in [0.15, 0.2) is 0 Å². The fourth-order valence-electron chi connectivity index (χ4n) is 2.17. The molecule has 0 fully saturated rings. The van der Waals surface area contributed by atoms with Crippen LogP contribution in [0.15, 0.2) is 66.9 Å². The molecule has 0 aliphatic heterocycles. The van der Waals surface area contributed by atoms with Crippen LogP contribution < -0.4 is 5.32 Å². The summed E-state index contributed by atoms with van der Waals surface area (Å²) in [7, 11) is 0. The Kier molecular flexibility index (Phi) is 4.38. The van der Waals surface area contributed by atoms with E-state index in [1.165, 1.54) is 6.07 Å². The van der Waals surface area contributed by atoms with Gasteiger partial charge in [0.1, 0.15) is 5.82 Å². The minimum absolute atomic E-state index is 0.0639. The Bertz CT molecular complexity index is 821. The first-order valence-electron chi connectivity index (χ1n) is 7.14. The van der Waals surface area contributed by atoms with Gasteiger partial charge in [-0.25, -0.2) is 14.4 Å². The molecule has 0 aliphatic rings. The van der Waals surface area contributed by atoms with E-state index < -0.39 is 5.82 Å². The zero-order chi connectivity index (χ0) is 16.1. The van der Waals surface area contributed by atoms with Crippen molar-refractivity contribution in [1.29, 1.82) is 0 Å². The number of carbonyl (C=O) groups excluding carboxylic acids is 1. The van der Waals surface area contributed by atoms with Crippen LogP contribution in [0, 0.1) is 5.82 Å². The van der Waals surface area contributed by atoms with E-state index in [1.807, 2.05) is 30.3 Å². The molecular formula is C18H14FN3O. The number of rotatable bonds is 4. The van der Waals surface area contributed by atoms with Gasteiger partial charge in [-0.2, -0.15) is 0 Å². The van der Waals surface area contributed by atoms with E-state index >= 15 is 0 Å². The number of nitrogens with zero attached hydrogens (tertiary/aromatic N) is 2. The van der Waals surface area contributed by atoms with Crippen molar-refractivity contribution in [1.82, 2.24) is 9.97 Å². The SMILES string of the molecule is O=C(Cc1ccccc1F)Nc1nccc(-c2ccccc2)n1. The first-order chi connectivity index (χ1) is 11.2. The summed E-state index contributed by atoms with van der Waals surface area (Å²) >= 11 is 0. The van der Waals surface area contributed by atoms with Crippen LogP contribution in [0.2, 0.25) is 0 Å². The zero-order valence-electron chi connectivity index (χ0n) is 12.2. The monoisotopic (exact) mass is 307 g/mol. The number of aromatic nitrogens is 2. The Morgan fingerprint density at radius 2 is 1.74 bits per heavy atom. The minimum atomic E-state index is -0.401. The molecular weight excluding hydrogens is 293 g/mol. The van der Waals surface area contributed by atoms with Crippen LogP contribution in [0.4, 0.5) is 10.3 Å². The topological polar surface area (TPSA) is 54.9 Å². The first-order valence-corrected chi connectivity index (χ1v) is 7.14. The van der Waals surface area contributed by atoms with Crippen LogP contribution >= 0.6 is 0 Å². The maximum Gasteiger partial charge on any atom is 0.231 e. The molecule has 2 aromatic carbocycles. The van der Waals surface area contributed by atoms with Crippen LogP contribution in [-0.4, -0.2) is 15.9 Å². The molecule has 23 heavy (non-hydrogen) atoms. The molecule has 4 nitrogen and oxygen atoms in total. The van der Waals surface area contributed by atoms with E-state index in [2.05, 4.69) is 15.3 Å². The lowest BCUT2D eigenvalue weighted by atomic mass is 10.1. The normalized spacial score (nSPS) is 10.3. The van der Waals surface area contributed by atoms with Gasteiger partial charge in [-0.15, -0.1) is 0 Å². The Hall–Kier alpha value is -3.08. The van der Waals surface area contributed by atoms with Crippen molar-refractivity contribution >= 4 is 11.9 Å². The van der Waals surface area contributed by atoms with Crippen molar-refractivity contribution in [2.75, 3.05) is 5.32 Å². The molecule has 1 amide bonds. The third-order valence-electron chi connectivity index (χ3n) is 3.29. The maximum atomic E-state index is 13.6. The van der Waals surface area contributed by atoms with Crippen LogP contribution in [0.5, 0.6) is 0 Å². The summed E-state index contributed by atoms with van der Waals surface area (Å²) in [6, 6.07) is 17.5. The van der Waals surface area contributed by atoms with Gasteiger partial charge in [-0.05, 0) is 17.7 Å². The van der Waals surface area contributed by atoms with Gasteiger partial charge in [0.2, 0.25) is 11.9 Å². The Balaban J connectivity index is 1.73. The first kappa shape index (κ1) is 14.8. The third-order valence-corrected chi connectivity index (χ3v) is 3.29. The third kappa shape index (κ3) is 3.77. The van der Waals surface area contributed by atoms with Crippen LogP contribution in [-0.2, 0) is 11.2 Å². The van der Waals surface area contributed by atoms with Gasteiger partial charge >= 0.3 is 0 Å². The molecule has 1 N–H and O–H groups in total. The van der Waals surface area contributed by atoms with E-state index in [-0.39, 0.29) is 18.3 Å². The second-order valence-electron chi connectivity index (χ2n) is 4.95. The average molecular weight is 307 g/mol. The molecule has 0 saturated heterocycles. The smallest absolute Gasteiger partial charge is 0.231 e. The quantitative estimate of drug-likeness (QED) is 0.803. The van der Waals surface area contributed by atoms with Crippen molar-refractivity contribution in [2.24, 2.45) is 0 Å². The molecule has 0 unspecified atom stereocenters. The van der Waals surface area contributed by atoms with Gasteiger partial charge in [-0.1, -0.05) is 48.5 Å². The lowest BCUT2D eigenvalue weighted by Gasteiger charge is -2.06. The molecule has 0 saturated carbocycles. The van der Waals surface area contributed by atoms with Crippen molar-refractivity contribution in [3.63, 3.8) is 0 Å². The molecule has 5 heteroatoms. The number of halogens is 1. The predicted molar refractivity (Wildman–Crippen MR) is 86.2 cm³/mol. The molecule has 1 heterocycles. The fourth-order valence-corrected chi connectivity index (χ4v) is 2.17. The summed E-state index contributed by atoms with van der Waals surface area (Å²) in [6.07, 6.45) is 1.51. The summed E-state index contributed by atoms with van der Waals surface area (Å²) in [4.78, 5) is 20.4. The van der Waals surface area contributed by atoms with E-state index in [9.17, 15) is 9.18 Å². The minimum Gasteiger partial charge on any atom is -0.294 e. The Labute approximate surface area is 133 Å². The predicted octanol–water partition coefficient (Wildman–Crippen LogP) is 3.46. The number of carbonyl (C=O) groups is 1. The second-order valence-corrected chi connectivity index (χ2v) is 4.95. The molecule has 1 aromatic heterocycles. The van der Waals surface area contributed by atoms with Crippen LogP contribution in [0.3, 0.4) is 0 Å². The number of amides is 1. The fraction of sp³-hybridized carbons (Fsp3) is 0.0556. The highest BCUT2D eigenvalue weighted by molar-refractivity contribution is 5.90. The van der Waals surface area contributed by atoms with E-state index in [1.54, 1.807) is 30.5 Å². The summed E-state index contributed by atoms with van der Waals surface area (Å²) in [5, 5.41) is 2.60. The maximum absolute atomic E-state index is 13.6. The number of benzene rings is 2. The van der Waals surface area contributed by atoms with Crippen LogP contribution in [0.1, 0.15) is 5.56 Å². The van der Waals surface area contributed by atoms with Gasteiger partial charge in [0, 0.05) is 11.8 Å². The molecule has 0 radical (unpaired) electrons. The summed E-state index contributed by atoms with van der Waals surface area (Å²) in [5.74, 6) is -0.561. The Morgan fingerprint density at radius 3 is 2.52 bits per heavy atom. The van der Waals surface area contributed by atoms with Crippen LogP contribution in [0.25, 0.3) is 11.3 Å². The standard InChI is InChI=1S/C18H14FN3O/c19-15-9-5-4-8-14(15)12-17(23)22-18-20-11-10-16(21-18)13-6-2-1-3-7-13/h1-11H,12H2,(H,20,21,22,23). The lowest BCUT2D eigenvalue weighted by Crippen LogP contribution is -2.17. The largest absolute Gasteiger partial charge is 0.294 e. The van der Waals surface area contributed by atoms with Crippen molar-refractivity contribution in [3.05, 3.63) is 78.2 Å². The van der Waals surface area contributed by atoms with E-state index in [4.69, 9.17) is 0 Å². The van der Waals surface area contributed by atoms with Crippen molar-refractivity contribution in [3.8, 4) is 11.3 Å². The van der Waals surface area contributed by atoms with Crippen molar-refractivity contribution < 1.29 is 9.18 Å². The molecule has 3 aromatic rings. The van der Waals surface area contributed by atoms with Gasteiger partial charge in [0.25, 0.3) is 0 Å². The molecule has 0 bridgehead atoms. The summed E-state index contributed by atoms with van der Waals surface area (Å²) in [6.45, 7) is 0. The highest BCUT2D eigenvalue weighted by atomic mass is 19.1. The van der Waals surface area contributed by atoms with E-state index in [0.29, 0.717) is 11.3 Å². The average Bonchev–Trinajstić information content (AvgIpc) is 2.58. The molecule has 3 rings (SSSR count). The Morgan fingerprint density at radius 1 is 1.00 bits per heavy atom. The molecule has 0 spiro atoms. The number of hydrogen-bond acceptors (Lipinski definition) is 3. The second kappa shape index (κ2) is 6.79. The zero-order valence-corrected chi connectivity index (χ0v) is 12.2. The number of hydrogen-bond donors (Lipinski definition) is 1. The highest BCUT2D eigenvalue weighted by Crippen LogP contribution is 2.17. The van der Waals surface area contributed by atoms with Crippen molar-refractivity contribution in [2.45, 2.75) is 6.42 Å². The summed E-state index contributed by atoms with van der Waals surface area (Å²) in [5.41, 5.74) is 1.98. The lowest BCUT2D eigenvalue weighted by molar-refractivity contribution is -0.115. The molecule has 0 aliphatic carbocycles.